The van der Waals surface area contributed by atoms with Crippen molar-refractivity contribution < 1.29 is 19.1 Å². The van der Waals surface area contributed by atoms with Gasteiger partial charge in [-0.1, -0.05) is 0 Å². The lowest BCUT2D eigenvalue weighted by molar-refractivity contribution is -0.143. The zero-order chi connectivity index (χ0) is 14.3. The van der Waals surface area contributed by atoms with Gasteiger partial charge in [0.1, 0.15) is 5.56 Å². The molecule has 0 aliphatic heterocycles. The molecule has 0 saturated heterocycles. The van der Waals surface area contributed by atoms with Crippen LogP contribution in [0.2, 0.25) is 0 Å². The van der Waals surface area contributed by atoms with E-state index in [1.54, 1.807) is 32.3 Å². The van der Waals surface area contributed by atoms with E-state index in [1.807, 2.05) is 0 Å². The first kappa shape index (κ1) is 14.9. The average molecular weight is 266 g/mol. The summed E-state index contributed by atoms with van der Waals surface area (Å²) in [5, 5.41) is 0. The van der Waals surface area contributed by atoms with Gasteiger partial charge in [-0.05, 0) is 19.1 Å². The first-order valence-electron chi connectivity index (χ1n) is 6.00. The van der Waals surface area contributed by atoms with Crippen LogP contribution >= 0.6 is 0 Å². The third kappa shape index (κ3) is 4.24. The zero-order valence-corrected chi connectivity index (χ0v) is 11.4. The maximum Gasteiger partial charge on any atom is 0.307 e. The van der Waals surface area contributed by atoms with Crippen LogP contribution in [0.1, 0.15) is 23.7 Å². The zero-order valence-electron chi connectivity index (χ0n) is 11.4. The smallest absolute Gasteiger partial charge is 0.307 e. The molecule has 0 atom stereocenters. The van der Waals surface area contributed by atoms with E-state index < -0.39 is 0 Å². The van der Waals surface area contributed by atoms with Crippen molar-refractivity contribution in [1.82, 2.24) is 9.88 Å². The van der Waals surface area contributed by atoms with Gasteiger partial charge in [-0.25, -0.2) is 4.98 Å². The van der Waals surface area contributed by atoms with Crippen LogP contribution in [0.25, 0.3) is 0 Å². The number of carbonyl (C=O) groups excluding carboxylic acids is 2. The molecule has 1 aromatic rings. The minimum Gasteiger partial charge on any atom is -0.480 e. The number of carbonyl (C=O) groups is 2. The Balaban J connectivity index is 2.64. The topological polar surface area (TPSA) is 68.7 Å². The summed E-state index contributed by atoms with van der Waals surface area (Å²) in [6.45, 7) is 2.37. The molecule has 0 radical (unpaired) electrons. The summed E-state index contributed by atoms with van der Waals surface area (Å²) in [6, 6.07) is 3.30. The van der Waals surface area contributed by atoms with E-state index in [2.05, 4.69) is 4.98 Å². The quantitative estimate of drug-likeness (QED) is 0.722. The number of ether oxygens (including phenoxy) is 2. The van der Waals surface area contributed by atoms with Crippen molar-refractivity contribution >= 4 is 11.9 Å². The van der Waals surface area contributed by atoms with Gasteiger partial charge in [-0.3, -0.25) is 9.59 Å². The van der Waals surface area contributed by atoms with E-state index in [9.17, 15) is 9.59 Å². The van der Waals surface area contributed by atoms with E-state index in [-0.39, 0.29) is 30.7 Å². The fraction of sp³-hybridized carbons (Fsp3) is 0.462. The Hall–Kier alpha value is -2.11. The Labute approximate surface area is 112 Å². The van der Waals surface area contributed by atoms with Crippen molar-refractivity contribution in [3.8, 4) is 5.88 Å². The molecule has 104 valence electrons. The normalized spacial score (nSPS) is 9.84. The maximum atomic E-state index is 12.1. The number of hydrogen-bond acceptors (Lipinski definition) is 5. The number of methoxy groups -OCH3 is 1. The molecule has 1 aromatic heterocycles. The fourth-order valence-corrected chi connectivity index (χ4v) is 1.52. The summed E-state index contributed by atoms with van der Waals surface area (Å²) in [7, 11) is 3.08. The highest BCUT2D eigenvalue weighted by atomic mass is 16.5. The second-order valence-electron chi connectivity index (χ2n) is 3.84. The molecule has 0 aliphatic carbocycles. The van der Waals surface area contributed by atoms with Gasteiger partial charge in [-0.15, -0.1) is 0 Å². The molecule has 6 heteroatoms. The summed E-state index contributed by atoms with van der Waals surface area (Å²) in [5.74, 6) is -0.287. The average Bonchev–Trinajstić information content (AvgIpc) is 2.44. The van der Waals surface area contributed by atoms with Crippen LogP contribution in [0.15, 0.2) is 18.3 Å². The van der Waals surface area contributed by atoms with Gasteiger partial charge in [0.15, 0.2) is 0 Å². The Morgan fingerprint density at radius 3 is 2.79 bits per heavy atom. The summed E-state index contributed by atoms with van der Waals surface area (Å²) in [5.41, 5.74) is 0.372. The monoisotopic (exact) mass is 266 g/mol. The molecule has 0 unspecified atom stereocenters. The van der Waals surface area contributed by atoms with Crippen molar-refractivity contribution in [2.45, 2.75) is 13.3 Å². The van der Waals surface area contributed by atoms with E-state index >= 15 is 0 Å². The predicted octanol–water partition coefficient (Wildman–Crippen LogP) is 1.12. The highest BCUT2D eigenvalue weighted by Gasteiger charge is 2.17. The van der Waals surface area contributed by atoms with Crippen molar-refractivity contribution in [2.75, 3.05) is 27.3 Å². The first-order valence-corrected chi connectivity index (χ1v) is 6.00. The number of pyridine rings is 1. The number of nitrogens with zero attached hydrogens (tertiary/aromatic N) is 2. The molecule has 0 aromatic carbocycles. The molecule has 0 aliphatic rings. The van der Waals surface area contributed by atoms with Crippen LogP contribution in [-0.2, 0) is 9.53 Å². The molecule has 0 saturated carbocycles. The van der Waals surface area contributed by atoms with Crippen LogP contribution in [0, 0.1) is 0 Å². The molecule has 0 N–H and O–H groups in total. The third-order valence-electron chi connectivity index (χ3n) is 2.50. The van der Waals surface area contributed by atoms with Crippen molar-refractivity contribution in [2.24, 2.45) is 0 Å². The second-order valence-corrected chi connectivity index (χ2v) is 3.84. The Bertz CT molecular complexity index is 448. The van der Waals surface area contributed by atoms with Crippen LogP contribution in [0.3, 0.4) is 0 Å². The van der Waals surface area contributed by atoms with Gasteiger partial charge >= 0.3 is 5.97 Å². The molecule has 1 rings (SSSR count). The number of rotatable bonds is 6. The lowest BCUT2D eigenvalue weighted by atomic mass is 10.2. The largest absolute Gasteiger partial charge is 0.480 e. The molecule has 1 amide bonds. The van der Waals surface area contributed by atoms with Gasteiger partial charge in [0, 0.05) is 19.8 Å². The lowest BCUT2D eigenvalue weighted by Gasteiger charge is -2.17. The standard InChI is InChI=1S/C13H18N2O4/c1-4-19-11(16)7-9-15(2)13(17)10-6-5-8-14-12(10)18-3/h5-6,8H,4,7,9H2,1-3H3. The summed E-state index contributed by atoms with van der Waals surface area (Å²) < 4.78 is 9.84. The van der Waals surface area contributed by atoms with Crippen molar-refractivity contribution in [3.05, 3.63) is 23.9 Å². The van der Waals surface area contributed by atoms with Gasteiger partial charge in [0.05, 0.1) is 20.1 Å². The molecule has 0 bridgehead atoms. The van der Waals surface area contributed by atoms with Crippen LogP contribution in [-0.4, -0.2) is 49.1 Å². The van der Waals surface area contributed by atoms with Gasteiger partial charge in [-0.2, -0.15) is 0 Å². The van der Waals surface area contributed by atoms with E-state index in [4.69, 9.17) is 9.47 Å². The number of esters is 1. The van der Waals surface area contributed by atoms with Gasteiger partial charge < -0.3 is 14.4 Å². The fourth-order valence-electron chi connectivity index (χ4n) is 1.52. The summed E-state index contributed by atoms with van der Waals surface area (Å²) >= 11 is 0. The highest BCUT2D eigenvalue weighted by molar-refractivity contribution is 5.96. The van der Waals surface area contributed by atoms with E-state index in [0.29, 0.717) is 12.2 Å². The lowest BCUT2D eigenvalue weighted by Crippen LogP contribution is -2.29. The van der Waals surface area contributed by atoms with Gasteiger partial charge in [0.2, 0.25) is 5.88 Å². The van der Waals surface area contributed by atoms with Crippen molar-refractivity contribution in [3.63, 3.8) is 0 Å². The van der Waals surface area contributed by atoms with Crippen LogP contribution < -0.4 is 4.74 Å². The number of hydrogen-bond donors (Lipinski definition) is 0. The Morgan fingerprint density at radius 2 is 2.16 bits per heavy atom. The van der Waals surface area contributed by atoms with Gasteiger partial charge in [0.25, 0.3) is 5.91 Å². The summed E-state index contributed by atoms with van der Waals surface area (Å²) in [4.78, 5) is 28.8. The molecular weight excluding hydrogens is 248 g/mol. The second kappa shape index (κ2) is 7.35. The highest BCUT2D eigenvalue weighted by Crippen LogP contribution is 2.15. The van der Waals surface area contributed by atoms with Crippen molar-refractivity contribution in [1.29, 1.82) is 0 Å². The number of amides is 1. The van der Waals surface area contributed by atoms with Crippen LogP contribution in [0.4, 0.5) is 0 Å². The van der Waals surface area contributed by atoms with E-state index in [0.717, 1.165) is 0 Å². The molecule has 19 heavy (non-hydrogen) atoms. The predicted molar refractivity (Wildman–Crippen MR) is 69.0 cm³/mol. The SMILES string of the molecule is CCOC(=O)CCN(C)C(=O)c1cccnc1OC. The summed E-state index contributed by atoms with van der Waals surface area (Å²) in [6.07, 6.45) is 1.72. The molecular formula is C13H18N2O4. The molecule has 0 fully saturated rings. The molecule has 1 heterocycles. The third-order valence-corrected chi connectivity index (χ3v) is 2.50. The maximum absolute atomic E-state index is 12.1. The molecule has 0 spiro atoms. The van der Waals surface area contributed by atoms with Crippen LogP contribution in [0.5, 0.6) is 5.88 Å². The van der Waals surface area contributed by atoms with E-state index in [1.165, 1.54) is 12.0 Å². The first-order chi connectivity index (χ1) is 9.10. The Kier molecular flexibility index (Phi) is 5.78. The minimum atomic E-state index is -0.319. The minimum absolute atomic E-state index is 0.165. The number of aromatic nitrogens is 1. The molecule has 6 nitrogen and oxygen atoms in total. The Morgan fingerprint density at radius 1 is 1.42 bits per heavy atom.